The number of aliphatic imine (C=N–C) groups is 1. The van der Waals surface area contributed by atoms with E-state index in [0.717, 1.165) is 31.4 Å². The van der Waals surface area contributed by atoms with Gasteiger partial charge in [0.1, 0.15) is 0 Å². The summed E-state index contributed by atoms with van der Waals surface area (Å²) in [5, 5.41) is 13.0. The van der Waals surface area contributed by atoms with Crippen molar-refractivity contribution >= 4 is 11.6 Å². The normalized spacial score (nSPS) is 25.5. The maximum Gasteiger partial charge on any atom is 0.193 e. The molecule has 18 heavy (non-hydrogen) atoms. The van der Waals surface area contributed by atoms with Crippen LogP contribution in [0, 0.1) is 0 Å². The lowest BCUT2D eigenvalue weighted by Gasteiger charge is -2.17. The van der Waals surface area contributed by atoms with E-state index in [4.69, 9.17) is 5.73 Å². The van der Waals surface area contributed by atoms with Crippen molar-refractivity contribution in [2.75, 3.05) is 5.32 Å². The third-order valence-corrected chi connectivity index (χ3v) is 3.30. The van der Waals surface area contributed by atoms with Gasteiger partial charge < -0.3 is 16.2 Å². The van der Waals surface area contributed by atoms with E-state index < -0.39 is 0 Å². The van der Waals surface area contributed by atoms with Gasteiger partial charge in [-0.1, -0.05) is 37.5 Å². The second-order valence-electron chi connectivity index (χ2n) is 4.78. The van der Waals surface area contributed by atoms with Crippen molar-refractivity contribution < 1.29 is 5.11 Å². The Labute approximate surface area is 108 Å². The number of guanidine groups is 1. The number of aliphatic hydroxyl groups excluding tert-OH is 1. The smallest absolute Gasteiger partial charge is 0.193 e. The first kappa shape index (κ1) is 12.9. The molecule has 1 saturated carbocycles. The summed E-state index contributed by atoms with van der Waals surface area (Å²) >= 11 is 0. The molecule has 0 bridgehead atoms. The largest absolute Gasteiger partial charge is 0.391 e. The van der Waals surface area contributed by atoms with Crippen LogP contribution in [0.3, 0.4) is 0 Å². The number of anilines is 1. The molecule has 0 aromatic heterocycles. The summed E-state index contributed by atoms with van der Waals surface area (Å²) in [5.74, 6) is 0.382. The van der Waals surface area contributed by atoms with Gasteiger partial charge in [0.15, 0.2) is 5.96 Å². The molecular formula is C14H21N3O. The van der Waals surface area contributed by atoms with Crippen LogP contribution < -0.4 is 11.1 Å². The second-order valence-corrected chi connectivity index (χ2v) is 4.78. The van der Waals surface area contributed by atoms with E-state index in [1.807, 2.05) is 30.3 Å². The zero-order valence-corrected chi connectivity index (χ0v) is 10.5. The highest BCUT2D eigenvalue weighted by atomic mass is 16.3. The molecule has 4 N–H and O–H groups in total. The molecule has 2 atom stereocenters. The number of nitrogens with zero attached hydrogens (tertiary/aromatic N) is 1. The molecule has 1 fully saturated rings. The van der Waals surface area contributed by atoms with E-state index in [-0.39, 0.29) is 12.1 Å². The summed E-state index contributed by atoms with van der Waals surface area (Å²) in [7, 11) is 0. The Morgan fingerprint density at radius 3 is 2.67 bits per heavy atom. The molecule has 1 aliphatic rings. The van der Waals surface area contributed by atoms with Crippen molar-refractivity contribution in [3.05, 3.63) is 30.3 Å². The fraction of sp³-hybridized carbons (Fsp3) is 0.500. The van der Waals surface area contributed by atoms with E-state index in [0.29, 0.717) is 5.96 Å². The quantitative estimate of drug-likeness (QED) is 0.426. The van der Waals surface area contributed by atoms with Gasteiger partial charge in [0.25, 0.3) is 0 Å². The number of nitrogens with one attached hydrogen (secondary N) is 1. The highest BCUT2D eigenvalue weighted by Crippen LogP contribution is 2.20. The van der Waals surface area contributed by atoms with Crippen molar-refractivity contribution in [3.8, 4) is 0 Å². The number of rotatable bonds is 2. The lowest BCUT2D eigenvalue weighted by molar-refractivity contribution is 0.138. The van der Waals surface area contributed by atoms with E-state index in [1.54, 1.807) is 0 Å². The molecular weight excluding hydrogens is 226 g/mol. The first-order valence-corrected chi connectivity index (χ1v) is 6.59. The molecule has 0 aliphatic heterocycles. The zero-order chi connectivity index (χ0) is 12.8. The highest BCUT2D eigenvalue weighted by molar-refractivity contribution is 5.92. The molecule has 1 aliphatic carbocycles. The fourth-order valence-corrected chi connectivity index (χ4v) is 2.30. The van der Waals surface area contributed by atoms with Gasteiger partial charge in [-0.2, -0.15) is 0 Å². The van der Waals surface area contributed by atoms with E-state index in [1.165, 1.54) is 6.42 Å². The summed E-state index contributed by atoms with van der Waals surface area (Å²) in [5.41, 5.74) is 6.80. The Bertz CT molecular complexity index is 391. The Balaban J connectivity index is 1.98. The van der Waals surface area contributed by atoms with Crippen LogP contribution in [0.5, 0.6) is 0 Å². The van der Waals surface area contributed by atoms with Crippen molar-refractivity contribution in [2.24, 2.45) is 10.7 Å². The molecule has 2 rings (SSSR count). The van der Waals surface area contributed by atoms with Crippen molar-refractivity contribution in [3.63, 3.8) is 0 Å². The molecule has 1 aromatic rings. The Kier molecular flexibility index (Phi) is 4.59. The van der Waals surface area contributed by atoms with Gasteiger partial charge in [0.2, 0.25) is 0 Å². The molecule has 0 amide bonds. The van der Waals surface area contributed by atoms with Crippen LogP contribution in [-0.4, -0.2) is 23.2 Å². The van der Waals surface area contributed by atoms with Gasteiger partial charge in [-0.15, -0.1) is 0 Å². The fourth-order valence-electron chi connectivity index (χ4n) is 2.30. The van der Waals surface area contributed by atoms with Crippen LogP contribution in [-0.2, 0) is 0 Å². The number of hydrogen-bond acceptors (Lipinski definition) is 2. The maximum atomic E-state index is 9.97. The monoisotopic (exact) mass is 247 g/mol. The first-order chi connectivity index (χ1) is 8.75. The molecule has 1 aromatic carbocycles. The van der Waals surface area contributed by atoms with Gasteiger partial charge in [-0.25, -0.2) is 4.99 Å². The summed E-state index contributed by atoms with van der Waals surface area (Å²) in [6.45, 7) is 0. The SMILES string of the molecule is NC(=NC1CCCCCC1O)Nc1ccccc1. The lowest BCUT2D eigenvalue weighted by Crippen LogP contribution is -2.30. The Morgan fingerprint density at radius 1 is 1.17 bits per heavy atom. The molecule has 2 unspecified atom stereocenters. The van der Waals surface area contributed by atoms with Crippen LogP contribution in [0.25, 0.3) is 0 Å². The summed E-state index contributed by atoms with van der Waals surface area (Å²) in [6, 6.07) is 9.64. The van der Waals surface area contributed by atoms with Crippen molar-refractivity contribution in [2.45, 2.75) is 44.2 Å². The number of hydrogen-bond donors (Lipinski definition) is 3. The predicted molar refractivity (Wildman–Crippen MR) is 74.6 cm³/mol. The van der Waals surface area contributed by atoms with Crippen LogP contribution >= 0.6 is 0 Å². The molecule has 98 valence electrons. The molecule has 4 heteroatoms. The lowest BCUT2D eigenvalue weighted by atomic mass is 10.1. The third kappa shape index (κ3) is 3.74. The van der Waals surface area contributed by atoms with Gasteiger partial charge in [-0.3, -0.25) is 0 Å². The van der Waals surface area contributed by atoms with Gasteiger partial charge in [-0.05, 0) is 25.0 Å². The van der Waals surface area contributed by atoms with E-state index in [9.17, 15) is 5.11 Å². The average molecular weight is 247 g/mol. The number of aliphatic hydroxyl groups is 1. The molecule has 4 nitrogen and oxygen atoms in total. The summed E-state index contributed by atoms with van der Waals surface area (Å²) in [6.07, 6.45) is 4.76. The second kappa shape index (κ2) is 6.40. The average Bonchev–Trinajstić information content (AvgIpc) is 2.56. The minimum atomic E-state index is -0.358. The number of nitrogens with two attached hydrogens (primary N) is 1. The van der Waals surface area contributed by atoms with E-state index in [2.05, 4.69) is 10.3 Å². The minimum Gasteiger partial charge on any atom is -0.391 e. The Hall–Kier alpha value is -1.55. The van der Waals surface area contributed by atoms with Gasteiger partial charge >= 0.3 is 0 Å². The number of para-hydroxylation sites is 1. The molecule has 0 saturated heterocycles. The van der Waals surface area contributed by atoms with Crippen LogP contribution in [0.15, 0.2) is 35.3 Å². The third-order valence-electron chi connectivity index (χ3n) is 3.30. The topological polar surface area (TPSA) is 70.6 Å². The summed E-state index contributed by atoms with van der Waals surface area (Å²) in [4.78, 5) is 4.41. The van der Waals surface area contributed by atoms with Crippen LogP contribution in [0.4, 0.5) is 5.69 Å². The van der Waals surface area contributed by atoms with Crippen molar-refractivity contribution in [1.29, 1.82) is 0 Å². The van der Waals surface area contributed by atoms with E-state index >= 15 is 0 Å². The maximum absolute atomic E-state index is 9.97. The van der Waals surface area contributed by atoms with Crippen LogP contribution in [0.2, 0.25) is 0 Å². The zero-order valence-electron chi connectivity index (χ0n) is 10.5. The standard InChI is InChI=1S/C14H21N3O/c15-14(16-11-7-3-1-4-8-11)17-12-9-5-2-6-10-13(12)18/h1,3-4,7-8,12-13,18H,2,5-6,9-10H2,(H3,15,16,17). The number of benzene rings is 1. The van der Waals surface area contributed by atoms with Crippen LogP contribution in [0.1, 0.15) is 32.1 Å². The molecule has 0 spiro atoms. The minimum absolute atomic E-state index is 0.0660. The molecule has 0 heterocycles. The molecule has 0 radical (unpaired) electrons. The van der Waals surface area contributed by atoms with Gasteiger partial charge in [0, 0.05) is 5.69 Å². The Morgan fingerprint density at radius 2 is 1.89 bits per heavy atom. The highest BCUT2D eigenvalue weighted by Gasteiger charge is 2.21. The van der Waals surface area contributed by atoms with Gasteiger partial charge in [0.05, 0.1) is 12.1 Å². The first-order valence-electron chi connectivity index (χ1n) is 6.59. The summed E-state index contributed by atoms with van der Waals surface area (Å²) < 4.78 is 0. The van der Waals surface area contributed by atoms with Crippen molar-refractivity contribution in [1.82, 2.24) is 0 Å². The predicted octanol–water partition coefficient (Wildman–Crippen LogP) is 2.11.